The van der Waals surface area contributed by atoms with Crippen LogP contribution >= 0.6 is 0 Å². The van der Waals surface area contributed by atoms with Gasteiger partial charge in [0.25, 0.3) is 0 Å². The van der Waals surface area contributed by atoms with Crippen molar-refractivity contribution in [2.75, 3.05) is 5.32 Å². The Morgan fingerprint density at radius 2 is 1.71 bits per heavy atom. The molecule has 148 valence electrons. The molecular weight excluding hydrogens is 386 g/mol. The van der Waals surface area contributed by atoms with Gasteiger partial charge in [-0.3, -0.25) is 0 Å². The van der Waals surface area contributed by atoms with E-state index in [1.807, 2.05) is 79.7 Å². The first-order valence-electron chi connectivity index (χ1n) is 9.74. The monoisotopic (exact) mass is 403 g/mol. The van der Waals surface area contributed by atoms with Crippen LogP contribution in [0.5, 0.6) is 0 Å². The topological polar surface area (TPSA) is 92.3 Å². The molecule has 0 unspecified atom stereocenters. The van der Waals surface area contributed by atoms with Gasteiger partial charge in [0.05, 0.1) is 17.4 Å². The third-order valence-corrected chi connectivity index (χ3v) is 4.84. The number of nitrogens with zero attached hydrogens (tertiary/aromatic N) is 6. The predicted molar refractivity (Wildman–Crippen MR) is 119 cm³/mol. The van der Waals surface area contributed by atoms with Crippen LogP contribution in [0.25, 0.3) is 28.0 Å². The highest BCUT2D eigenvalue weighted by molar-refractivity contribution is 5.79. The molecular formula is C24H17N7. The number of nitriles is 1. The summed E-state index contributed by atoms with van der Waals surface area (Å²) in [7, 11) is 0. The molecule has 7 heteroatoms. The van der Waals surface area contributed by atoms with Crippen LogP contribution in [0, 0.1) is 18.3 Å². The van der Waals surface area contributed by atoms with E-state index in [0.717, 1.165) is 22.2 Å². The lowest BCUT2D eigenvalue weighted by Gasteiger charge is -2.11. The minimum Gasteiger partial charge on any atom is -0.324 e. The second-order valence-electron chi connectivity index (χ2n) is 6.97. The lowest BCUT2D eigenvalue weighted by atomic mass is 10.1. The standard InChI is InChI=1S/C24H17N7/c1-16-27-21(17-7-3-2-4-8-17)13-22(28-16)30-24-19(14-25)15-26-31(24)23-12-11-18-9-5-6-10-20(18)29-23/h2-13,15H,1H3,(H,27,28,30). The van der Waals surface area contributed by atoms with E-state index in [1.165, 1.54) is 6.20 Å². The molecule has 0 aliphatic heterocycles. The first kappa shape index (κ1) is 18.5. The first-order chi connectivity index (χ1) is 15.2. The molecule has 3 aromatic heterocycles. The molecule has 0 fully saturated rings. The molecule has 0 amide bonds. The van der Waals surface area contributed by atoms with Crippen LogP contribution in [0.3, 0.4) is 0 Å². The van der Waals surface area contributed by atoms with Crippen molar-refractivity contribution in [1.29, 1.82) is 5.26 Å². The van der Waals surface area contributed by atoms with Crippen molar-refractivity contribution in [3.63, 3.8) is 0 Å². The maximum absolute atomic E-state index is 9.62. The molecule has 0 atom stereocenters. The third kappa shape index (κ3) is 3.58. The minimum absolute atomic E-state index is 0.396. The van der Waals surface area contributed by atoms with Crippen molar-refractivity contribution in [3.8, 4) is 23.1 Å². The van der Waals surface area contributed by atoms with Crippen molar-refractivity contribution in [3.05, 3.63) is 90.4 Å². The van der Waals surface area contributed by atoms with Gasteiger partial charge in [-0.25, -0.2) is 15.0 Å². The fraction of sp³-hybridized carbons (Fsp3) is 0.0417. The maximum atomic E-state index is 9.62. The minimum atomic E-state index is 0.396. The lowest BCUT2D eigenvalue weighted by Crippen LogP contribution is -2.07. The van der Waals surface area contributed by atoms with Crippen molar-refractivity contribution in [1.82, 2.24) is 24.7 Å². The molecule has 5 rings (SSSR count). The Morgan fingerprint density at radius 1 is 0.903 bits per heavy atom. The number of nitrogens with one attached hydrogen (secondary N) is 1. The van der Waals surface area contributed by atoms with E-state index in [0.29, 0.717) is 28.8 Å². The van der Waals surface area contributed by atoms with Crippen LogP contribution in [0.4, 0.5) is 11.6 Å². The zero-order valence-corrected chi connectivity index (χ0v) is 16.7. The summed E-state index contributed by atoms with van der Waals surface area (Å²) < 4.78 is 1.62. The molecule has 0 aliphatic carbocycles. The van der Waals surface area contributed by atoms with Gasteiger partial charge >= 0.3 is 0 Å². The zero-order valence-electron chi connectivity index (χ0n) is 16.7. The van der Waals surface area contributed by atoms with Gasteiger partial charge < -0.3 is 5.32 Å². The Morgan fingerprint density at radius 3 is 2.55 bits per heavy atom. The number of aromatic nitrogens is 5. The van der Waals surface area contributed by atoms with Crippen molar-refractivity contribution in [2.45, 2.75) is 6.92 Å². The first-order valence-corrected chi connectivity index (χ1v) is 9.74. The van der Waals surface area contributed by atoms with E-state index >= 15 is 0 Å². The number of anilines is 2. The average molecular weight is 403 g/mol. The smallest absolute Gasteiger partial charge is 0.156 e. The summed E-state index contributed by atoms with van der Waals surface area (Å²) in [5.41, 5.74) is 3.03. The Kier molecular flexibility index (Phi) is 4.58. The average Bonchev–Trinajstić information content (AvgIpc) is 3.21. The van der Waals surface area contributed by atoms with Crippen LogP contribution in [0.15, 0.2) is 79.0 Å². The van der Waals surface area contributed by atoms with Gasteiger partial charge in [0, 0.05) is 17.0 Å². The number of hydrogen-bond acceptors (Lipinski definition) is 6. The second kappa shape index (κ2) is 7.69. The van der Waals surface area contributed by atoms with Crippen molar-refractivity contribution >= 4 is 22.5 Å². The second-order valence-corrected chi connectivity index (χ2v) is 6.97. The highest BCUT2D eigenvalue weighted by atomic mass is 15.4. The number of fused-ring (bicyclic) bond motifs is 1. The SMILES string of the molecule is Cc1nc(Nc2c(C#N)cnn2-c2ccc3ccccc3n2)cc(-c2ccccc2)n1. The quantitative estimate of drug-likeness (QED) is 0.463. The Hall–Kier alpha value is -4.57. The van der Waals surface area contributed by atoms with Crippen LogP contribution < -0.4 is 5.32 Å². The number of benzene rings is 2. The summed E-state index contributed by atoms with van der Waals surface area (Å²) in [6.45, 7) is 1.84. The molecule has 2 aromatic carbocycles. The number of hydrogen-bond donors (Lipinski definition) is 1. The summed E-state index contributed by atoms with van der Waals surface area (Å²) in [5, 5.41) is 18.3. The summed E-state index contributed by atoms with van der Waals surface area (Å²) >= 11 is 0. The Balaban J connectivity index is 1.58. The van der Waals surface area contributed by atoms with E-state index in [4.69, 9.17) is 4.98 Å². The molecule has 31 heavy (non-hydrogen) atoms. The van der Waals surface area contributed by atoms with Crippen LogP contribution in [-0.2, 0) is 0 Å². The fourth-order valence-electron chi connectivity index (χ4n) is 3.41. The van der Waals surface area contributed by atoms with E-state index in [1.54, 1.807) is 4.68 Å². The highest BCUT2D eigenvalue weighted by Gasteiger charge is 2.15. The van der Waals surface area contributed by atoms with Gasteiger partial charge in [0.2, 0.25) is 0 Å². The van der Waals surface area contributed by atoms with Gasteiger partial charge in [-0.2, -0.15) is 15.0 Å². The molecule has 1 N–H and O–H groups in total. The molecule has 0 saturated carbocycles. The summed E-state index contributed by atoms with van der Waals surface area (Å²) in [6, 6.07) is 25.7. The largest absolute Gasteiger partial charge is 0.324 e. The molecule has 0 aliphatic rings. The van der Waals surface area contributed by atoms with Crippen LogP contribution in [0.2, 0.25) is 0 Å². The van der Waals surface area contributed by atoms with Gasteiger partial charge in [-0.15, -0.1) is 0 Å². The molecule has 3 heterocycles. The summed E-state index contributed by atoms with van der Waals surface area (Å²) in [6.07, 6.45) is 1.52. The van der Waals surface area contributed by atoms with Crippen molar-refractivity contribution in [2.24, 2.45) is 0 Å². The molecule has 0 saturated heterocycles. The Labute approximate surface area is 178 Å². The van der Waals surface area contributed by atoms with Gasteiger partial charge in [-0.05, 0) is 25.1 Å². The van der Waals surface area contributed by atoms with Gasteiger partial charge in [0.1, 0.15) is 23.3 Å². The molecule has 7 nitrogen and oxygen atoms in total. The number of aryl methyl sites for hydroxylation is 1. The summed E-state index contributed by atoms with van der Waals surface area (Å²) in [5.74, 6) is 2.31. The van der Waals surface area contributed by atoms with E-state index in [9.17, 15) is 5.26 Å². The van der Waals surface area contributed by atoms with Gasteiger partial charge in [-0.1, -0.05) is 48.5 Å². The van der Waals surface area contributed by atoms with Crippen molar-refractivity contribution < 1.29 is 0 Å². The predicted octanol–water partition coefficient (Wildman–Crippen LogP) is 4.80. The van der Waals surface area contributed by atoms with Crippen LogP contribution in [0.1, 0.15) is 11.4 Å². The van der Waals surface area contributed by atoms with E-state index < -0.39 is 0 Å². The lowest BCUT2D eigenvalue weighted by molar-refractivity contribution is 0.858. The zero-order chi connectivity index (χ0) is 21.2. The summed E-state index contributed by atoms with van der Waals surface area (Å²) in [4.78, 5) is 13.7. The van der Waals surface area contributed by atoms with E-state index in [2.05, 4.69) is 26.5 Å². The third-order valence-electron chi connectivity index (χ3n) is 4.84. The maximum Gasteiger partial charge on any atom is 0.156 e. The highest BCUT2D eigenvalue weighted by Crippen LogP contribution is 2.26. The number of pyridine rings is 1. The van der Waals surface area contributed by atoms with Gasteiger partial charge in [0.15, 0.2) is 11.6 Å². The van der Waals surface area contributed by atoms with Crippen LogP contribution in [-0.4, -0.2) is 24.7 Å². The fourth-order valence-corrected chi connectivity index (χ4v) is 3.41. The normalized spacial score (nSPS) is 10.7. The number of rotatable bonds is 4. The van der Waals surface area contributed by atoms with E-state index in [-0.39, 0.29) is 0 Å². The molecule has 5 aromatic rings. The molecule has 0 radical (unpaired) electrons. The molecule has 0 spiro atoms. The number of para-hydroxylation sites is 1. The Bertz CT molecular complexity index is 1430. The molecule has 0 bridgehead atoms.